The Morgan fingerprint density at radius 2 is 1.94 bits per heavy atom. The Hall–Kier alpha value is -1.34. The first-order valence-corrected chi connectivity index (χ1v) is 6.04. The number of alkyl halides is 3. The molecule has 0 spiro atoms. The van der Waals surface area contributed by atoms with Gasteiger partial charge in [0.2, 0.25) is 10.0 Å². The molecule has 0 radical (unpaired) electrons. The van der Waals surface area contributed by atoms with E-state index in [1.807, 2.05) is 0 Å². The summed E-state index contributed by atoms with van der Waals surface area (Å²) in [6, 6.07) is 2.44. The van der Waals surface area contributed by atoms with Crippen molar-refractivity contribution >= 4 is 10.0 Å². The van der Waals surface area contributed by atoms with Crippen LogP contribution in [0.4, 0.5) is 13.2 Å². The molecule has 0 heterocycles. The van der Waals surface area contributed by atoms with E-state index < -0.39 is 26.7 Å². The SMILES string of the molecule is C=CCc1ccc(C(F)(F)F)cc1S(N)(=O)=O. The van der Waals surface area contributed by atoms with Crippen molar-refractivity contribution in [2.75, 3.05) is 0 Å². The van der Waals surface area contributed by atoms with E-state index in [1.54, 1.807) is 0 Å². The number of primary sulfonamides is 1. The van der Waals surface area contributed by atoms with Crippen molar-refractivity contribution in [3.63, 3.8) is 0 Å². The van der Waals surface area contributed by atoms with E-state index in [9.17, 15) is 21.6 Å². The minimum atomic E-state index is -4.61. The second-order valence-corrected chi connectivity index (χ2v) is 4.89. The Bertz CT molecular complexity index is 535. The first kappa shape index (κ1) is 13.7. The predicted octanol–water partition coefficient (Wildman–Crippen LogP) is 2.08. The van der Waals surface area contributed by atoms with Crippen molar-refractivity contribution < 1.29 is 21.6 Å². The second-order valence-electron chi connectivity index (χ2n) is 3.36. The molecule has 2 N–H and O–H groups in total. The van der Waals surface area contributed by atoms with Crippen LogP contribution in [0.15, 0.2) is 35.7 Å². The maximum atomic E-state index is 12.4. The first-order chi connectivity index (χ1) is 7.66. The molecule has 0 aromatic heterocycles. The van der Waals surface area contributed by atoms with E-state index in [0.717, 1.165) is 12.1 Å². The number of hydrogen-bond donors (Lipinski definition) is 1. The molecule has 0 fully saturated rings. The minimum absolute atomic E-state index is 0.129. The lowest BCUT2D eigenvalue weighted by atomic mass is 10.1. The van der Waals surface area contributed by atoms with Gasteiger partial charge in [0.05, 0.1) is 10.5 Å². The van der Waals surface area contributed by atoms with Gasteiger partial charge in [-0.05, 0) is 24.1 Å². The van der Waals surface area contributed by atoms with Gasteiger partial charge in [0, 0.05) is 0 Å². The van der Waals surface area contributed by atoms with Crippen LogP contribution in [0.5, 0.6) is 0 Å². The van der Waals surface area contributed by atoms with Crippen LogP contribution in [0.25, 0.3) is 0 Å². The Balaban J connectivity index is 3.45. The normalized spacial score (nSPS) is 12.5. The highest BCUT2D eigenvalue weighted by Crippen LogP contribution is 2.31. The second kappa shape index (κ2) is 4.50. The summed E-state index contributed by atoms with van der Waals surface area (Å²) in [5, 5.41) is 4.87. The number of halogens is 3. The molecule has 0 atom stereocenters. The molecule has 0 aliphatic rings. The van der Waals surface area contributed by atoms with Crippen molar-refractivity contribution in [2.24, 2.45) is 5.14 Å². The zero-order valence-corrected chi connectivity index (χ0v) is 9.48. The third-order valence-electron chi connectivity index (χ3n) is 2.07. The molecule has 0 saturated carbocycles. The van der Waals surface area contributed by atoms with Gasteiger partial charge in [0.25, 0.3) is 0 Å². The van der Waals surface area contributed by atoms with Crippen LogP contribution in [0.3, 0.4) is 0 Å². The lowest BCUT2D eigenvalue weighted by Crippen LogP contribution is -2.16. The molecular weight excluding hydrogens is 255 g/mol. The fourth-order valence-electron chi connectivity index (χ4n) is 1.32. The van der Waals surface area contributed by atoms with E-state index in [2.05, 4.69) is 6.58 Å². The molecule has 7 heteroatoms. The molecule has 94 valence electrons. The highest BCUT2D eigenvalue weighted by Gasteiger charge is 2.32. The molecule has 17 heavy (non-hydrogen) atoms. The number of allylic oxidation sites excluding steroid dienone is 1. The quantitative estimate of drug-likeness (QED) is 0.850. The van der Waals surface area contributed by atoms with E-state index >= 15 is 0 Å². The van der Waals surface area contributed by atoms with Gasteiger partial charge in [-0.3, -0.25) is 0 Å². The minimum Gasteiger partial charge on any atom is -0.225 e. The van der Waals surface area contributed by atoms with Crippen LogP contribution in [0.1, 0.15) is 11.1 Å². The van der Waals surface area contributed by atoms with Crippen LogP contribution < -0.4 is 5.14 Å². The molecule has 1 aromatic rings. The van der Waals surface area contributed by atoms with Gasteiger partial charge in [0.1, 0.15) is 0 Å². The van der Waals surface area contributed by atoms with E-state index in [4.69, 9.17) is 5.14 Å². The average molecular weight is 265 g/mol. The molecule has 0 unspecified atom stereocenters. The van der Waals surface area contributed by atoms with E-state index in [0.29, 0.717) is 6.07 Å². The highest BCUT2D eigenvalue weighted by atomic mass is 32.2. The summed E-state index contributed by atoms with van der Waals surface area (Å²) in [6.45, 7) is 3.39. The highest BCUT2D eigenvalue weighted by molar-refractivity contribution is 7.89. The number of benzene rings is 1. The number of rotatable bonds is 3. The Morgan fingerprint density at radius 3 is 2.35 bits per heavy atom. The molecule has 0 saturated heterocycles. The lowest BCUT2D eigenvalue weighted by Gasteiger charge is -2.11. The summed E-state index contributed by atoms with van der Waals surface area (Å²) >= 11 is 0. The monoisotopic (exact) mass is 265 g/mol. The summed E-state index contributed by atoms with van der Waals surface area (Å²) in [7, 11) is -4.19. The van der Waals surface area contributed by atoms with Gasteiger partial charge < -0.3 is 0 Å². The molecule has 0 aliphatic carbocycles. The summed E-state index contributed by atoms with van der Waals surface area (Å²) in [5.74, 6) is 0. The van der Waals surface area contributed by atoms with Crippen molar-refractivity contribution in [1.82, 2.24) is 0 Å². The largest absolute Gasteiger partial charge is 0.416 e. The van der Waals surface area contributed by atoms with Crippen molar-refractivity contribution in [2.45, 2.75) is 17.5 Å². The summed E-state index contributed by atoms with van der Waals surface area (Å²) in [6.07, 6.45) is -3.09. The predicted molar refractivity (Wildman–Crippen MR) is 56.7 cm³/mol. The van der Waals surface area contributed by atoms with Crippen LogP contribution in [-0.4, -0.2) is 8.42 Å². The van der Waals surface area contributed by atoms with Crippen LogP contribution in [0, 0.1) is 0 Å². The van der Waals surface area contributed by atoms with E-state index in [-0.39, 0.29) is 12.0 Å². The van der Waals surface area contributed by atoms with Gasteiger partial charge in [-0.2, -0.15) is 13.2 Å². The first-order valence-electron chi connectivity index (χ1n) is 4.50. The summed E-state index contributed by atoms with van der Waals surface area (Å²) in [5.41, 5.74) is -0.857. The Kier molecular flexibility index (Phi) is 3.63. The zero-order chi connectivity index (χ0) is 13.3. The van der Waals surface area contributed by atoms with Gasteiger partial charge in [-0.1, -0.05) is 12.1 Å². The molecule has 1 aromatic carbocycles. The van der Waals surface area contributed by atoms with Gasteiger partial charge in [-0.25, -0.2) is 13.6 Å². The van der Waals surface area contributed by atoms with Crippen LogP contribution in [0.2, 0.25) is 0 Å². The van der Waals surface area contributed by atoms with Crippen LogP contribution in [-0.2, 0) is 22.6 Å². The van der Waals surface area contributed by atoms with Gasteiger partial charge in [0.15, 0.2) is 0 Å². The summed E-state index contributed by atoms with van der Waals surface area (Å²) in [4.78, 5) is -0.521. The molecular formula is C10H10F3NO2S. The topological polar surface area (TPSA) is 60.2 Å². The number of nitrogens with two attached hydrogens (primary N) is 1. The fourth-order valence-corrected chi connectivity index (χ4v) is 2.13. The smallest absolute Gasteiger partial charge is 0.225 e. The Labute approximate surface area is 96.8 Å². The Morgan fingerprint density at radius 1 is 1.35 bits per heavy atom. The third-order valence-corrected chi connectivity index (χ3v) is 3.06. The van der Waals surface area contributed by atoms with Crippen molar-refractivity contribution in [1.29, 1.82) is 0 Å². The third kappa shape index (κ3) is 3.31. The van der Waals surface area contributed by atoms with E-state index in [1.165, 1.54) is 6.08 Å². The zero-order valence-electron chi connectivity index (χ0n) is 8.66. The standard InChI is InChI=1S/C10H10F3NO2S/c1-2-3-7-4-5-8(10(11,12)13)6-9(7)17(14,15)16/h2,4-6H,1,3H2,(H2,14,15,16). The molecule has 0 bridgehead atoms. The fraction of sp³-hybridized carbons (Fsp3) is 0.200. The molecule has 0 amide bonds. The van der Waals surface area contributed by atoms with Gasteiger partial charge >= 0.3 is 6.18 Å². The number of sulfonamides is 1. The average Bonchev–Trinajstić information content (AvgIpc) is 2.15. The maximum absolute atomic E-state index is 12.4. The lowest BCUT2D eigenvalue weighted by molar-refractivity contribution is -0.137. The maximum Gasteiger partial charge on any atom is 0.416 e. The van der Waals surface area contributed by atoms with Gasteiger partial charge in [-0.15, -0.1) is 6.58 Å². The summed E-state index contributed by atoms with van der Waals surface area (Å²) < 4.78 is 59.6. The van der Waals surface area contributed by atoms with Crippen molar-refractivity contribution in [3.05, 3.63) is 42.0 Å². The molecule has 3 nitrogen and oxygen atoms in total. The van der Waals surface area contributed by atoms with Crippen molar-refractivity contribution in [3.8, 4) is 0 Å². The van der Waals surface area contributed by atoms with Crippen LogP contribution >= 0.6 is 0 Å². The molecule has 0 aliphatic heterocycles. The number of hydrogen-bond acceptors (Lipinski definition) is 2. The molecule has 1 rings (SSSR count).